The molecule has 4 rings (SSSR count). The molecule has 0 aliphatic carbocycles. The molecule has 0 saturated carbocycles. The average Bonchev–Trinajstić information content (AvgIpc) is 3.00. The van der Waals surface area contributed by atoms with Crippen LogP contribution in [0.3, 0.4) is 0 Å². The van der Waals surface area contributed by atoms with E-state index in [1.165, 1.54) is 13.0 Å². The number of carbonyl (C=O) groups is 2. The van der Waals surface area contributed by atoms with E-state index in [9.17, 15) is 31.5 Å². The van der Waals surface area contributed by atoms with Crippen LogP contribution >= 0.6 is 0 Å². The van der Waals surface area contributed by atoms with E-state index in [0.29, 0.717) is 24.6 Å². The van der Waals surface area contributed by atoms with Crippen molar-refractivity contribution in [3.05, 3.63) is 136 Å². The molecule has 0 heterocycles. The number of ether oxygens (including phenoxy) is 2. The van der Waals surface area contributed by atoms with E-state index in [2.05, 4.69) is 10.1 Å². The first kappa shape index (κ1) is 34.0. The van der Waals surface area contributed by atoms with Crippen LogP contribution in [0.15, 0.2) is 91.0 Å². The number of methoxy groups -OCH3 is 1. The smallest absolute Gasteiger partial charge is 0.416 e. The molecular formula is C34H28F7NO4. The van der Waals surface area contributed by atoms with E-state index < -0.39 is 69.7 Å². The molecule has 4 aromatic carbocycles. The van der Waals surface area contributed by atoms with Gasteiger partial charge in [0.25, 0.3) is 11.8 Å². The summed E-state index contributed by atoms with van der Waals surface area (Å²) in [5.41, 5.74) is -4.12. The van der Waals surface area contributed by atoms with Gasteiger partial charge in [-0.2, -0.15) is 13.2 Å². The van der Waals surface area contributed by atoms with Crippen LogP contribution < -0.4 is 10.1 Å². The number of carbonyl (C=O) groups excluding carboxylic acids is 2. The lowest BCUT2D eigenvalue weighted by Crippen LogP contribution is -2.49. The number of nitrogens with one attached hydrogen (secondary N) is 1. The largest absolute Gasteiger partial charge is 0.476 e. The molecule has 5 nitrogen and oxygen atoms in total. The van der Waals surface area contributed by atoms with Gasteiger partial charge in [-0.05, 0) is 72.1 Å². The van der Waals surface area contributed by atoms with Crippen LogP contribution in [-0.4, -0.2) is 25.1 Å². The highest BCUT2D eigenvalue weighted by Crippen LogP contribution is 2.40. The van der Waals surface area contributed by atoms with E-state index in [-0.39, 0.29) is 17.5 Å². The molecule has 46 heavy (non-hydrogen) atoms. The van der Waals surface area contributed by atoms with Gasteiger partial charge < -0.3 is 14.8 Å². The van der Waals surface area contributed by atoms with Gasteiger partial charge in [0.2, 0.25) is 0 Å². The van der Waals surface area contributed by atoms with Crippen LogP contribution in [0.5, 0.6) is 5.75 Å². The molecule has 1 amide bonds. The molecule has 0 radical (unpaired) electrons. The zero-order valence-electron chi connectivity index (χ0n) is 24.7. The van der Waals surface area contributed by atoms with Gasteiger partial charge in [0, 0.05) is 24.5 Å². The second kappa shape index (κ2) is 13.2. The number of halogens is 7. The molecule has 1 unspecified atom stereocenters. The van der Waals surface area contributed by atoms with E-state index in [4.69, 9.17) is 4.74 Å². The third-order valence-electron chi connectivity index (χ3n) is 7.25. The molecule has 0 aromatic heterocycles. The first-order valence-electron chi connectivity index (χ1n) is 13.8. The van der Waals surface area contributed by atoms with Crippen LogP contribution in [0.25, 0.3) is 0 Å². The summed E-state index contributed by atoms with van der Waals surface area (Å²) in [4.78, 5) is 25.8. The molecule has 0 fully saturated rings. The van der Waals surface area contributed by atoms with Crippen molar-refractivity contribution in [2.75, 3.05) is 7.11 Å². The minimum atomic E-state index is -4.79. The molecule has 0 spiro atoms. The first-order valence-corrected chi connectivity index (χ1v) is 13.8. The Hall–Kier alpha value is -4.87. The van der Waals surface area contributed by atoms with Crippen LogP contribution in [0, 0.1) is 11.6 Å². The summed E-state index contributed by atoms with van der Waals surface area (Å²) < 4.78 is 110. The Morgan fingerprint density at radius 3 is 2.09 bits per heavy atom. The fourth-order valence-corrected chi connectivity index (χ4v) is 4.92. The van der Waals surface area contributed by atoms with Crippen LogP contribution in [-0.2, 0) is 33.6 Å². The number of rotatable bonds is 10. The fourth-order valence-electron chi connectivity index (χ4n) is 4.92. The summed E-state index contributed by atoms with van der Waals surface area (Å²) in [6.45, 7) is 1.83. The van der Waals surface area contributed by atoms with Crippen LogP contribution in [0.2, 0.25) is 0 Å². The normalized spacial score (nSPS) is 13.8. The number of alkyl halides is 5. The standard InChI is InChI=1S/C34H28F7NO4/c1-20(31(44)45-3)46-29-18-23(12-13-28(29)36)33(19-21-8-5-4-6-9-21,26-15-25(32(2,37)38)16-27(35)17-26)42-30(43)22-10-7-11-24(14-22)34(39,40)41/h4-18,20H,19H2,1-3H3,(H,42,43)/t20?,33-/m1/s1. The SMILES string of the molecule is COC(=O)C(C)Oc1cc([C@@](Cc2ccccc2)(NC(=O)c2cccc(C(F)(F)F)c2)c2cc(F)cc(C(C)(F)F)c2)ccc1F. The molecule has 4 aromatic rings. The summed E-state index contributed by atoms with van der Waals surface area (Å²) in [6.07, 6.45) is -6.37. The summed E-state index contributed by atoms with van der Waals surface area (Å²) >= 11 is 0. The molecule has 0 aliphatic heterocycles. The highest BCUT2D eigenvalue weighted by molar-refractivity contribution is 5.95. The third-order valence-corrected chi connectivity index (χ3v) is 7.25. The lowest BCUT2D eigenvalue weighted by atomic mass is 9.76. The number of amides is 1. The summed E-state index contributed by atoms with van der Waals surface area (Å²) in [6, 6.07) is 17.4. The van der Waals surface area contributed by atoms with Crippen molar-refractivity contribution in [3.63, 3.8) is 0 Å². The van der Waals surface area contributed by atoms with Crippen molar-refractivity contribution in [3.8, 4) is 5.75 Å². The number of benzene rings is 4. The maximum absolute atomic E-state index is 15.1. The van der Waals surface area contributed by atoms with Crippen molar-refractivity contribution in [1.82, 2.24) is 5.32 Å². The van der Waals surface area contributed by atoms with Gasteiger partial charge in [0.15, 0.2) is 17.7 Å². The van der Waals surface area contributed by atoms with Gasteiger partial charge in [0.05, 0.1) is 18.2 Å². The highest BCUT2D eigenvalue weighted by Gasteiger charge is 2.40. The van der Waals surface area contributed by atoms with Gasteiger partial charge in [-0.25, -0.2) is 22.4 Å². The van der Waals surface area contributed by atoms with Crippen LogP contribution in [0.1, 0.15) is 52.0 Å². The van der Waals surface area contributed by atoms with E-state index >= 15 is 8.78 Å². The maximum atomic E-state index is 15.1. The fraction of sp³-hybridized carbons (Fsp3) is 0.235. The van der Waals surface area contributed by atoms with Crippen molar-refractivity contribution in [1.29, 1.82) is 0 Å². The number of hydrogen-bond donors (Lipinski definition) is 1. The Morgan fingerprint density at radius 2 is 1.46 bits per heavy atom. The Labute approximate surface area is 260 Å². The molecular weight excluding hydrogens is 619 g/mol. The zero-order valence-corrected chi connectivity index (χ0v) is 24.7. The molecule has 242 valence electrons. The second-order valence-electron chi connectivity index (χ2n) is 10.6. The molecule has 0 aliphatic rings. The quantitative estimate of drug-likeness (QED) is 0.140. The van der Waals surface area contributed by atoms with Crippen molar-refractivity contribution >= 4 is 11.9 Å². The molecule has 12 heteroatoms. The predicted molar refractivity (Wildman–Crippen MR) is 154 cm³/mol. The van der Waals surface area contributed by atoms with Gasteiger partial charge >= 0.3 is 12.1 Å². The highest BCUT2D eigenvalue weighted by atomic mass is 19.4. The predicted octanol–water partition coefficient (Wildman–Crippen LogP) is 7.95. The monoisotopic (exact) mass is 647 g/mol. The van der Waals surface area contributed by atoms with Gasteiger partial charge in [-0.1, -0.05) is 42.5 Å². The van der Waals surface area contributed by atoms with Crippen molar-refractivity contribution in [2.24, 2.45) is 0 Å². The lowest BCUT2D eigenvalue weighted by molar-refractivity contribution is -0.148. The first-order chi connectivity index (χ1) is 21.5. The second-order valence-corrected chi connectivity index (χ2v) is 10.6. The molecule has 2 atom stereocenters. The summed E-state index contributed by atoms with van der Waals surface area (Å²) in [5, 5.41) is 2.66. The Morgan fingerprint density at radius 1 is 0.783 bits per heavy atom. The van der Waals surface area contributed by atoms with E-state index in [1.54, 1.807) is 30.3 Å². The molecule has 1 N–H and O–H groups in total. The Bertz CT molecular complexity index is 1720. The van der Waals surface area contributed by atoms with Crippen molar-refractivity contribution < 1.29 is 49.8 Å². The lowest BCUT2D eigenvalue weighted by Gasteiger charge is -2.37. The van der Waals surface area contributed by atoms with E-state index in [0.717, 1.165) is 49.6 Å². The van der Waals surface area contributed by atoms with Gasteiger partial charge in [-0.15, -0.1) is 0 Å². The molecule has 0 saturated heterocycles. The van der Waals surface area contributed by atoms with Gasteiger partial charge in [-0.3, -0.25) is 4.79 Å². The van der Waals surface area contributed by atoms with Gasteiger partial charge in [0.1, 0.15) is 5.82 Å². The topological polar surface area (TPSA) is 64.6 Å². The third kappa shape index (κ3) is 7.67. The minimum Gasteiger partial charge on any atom is -0.476 e. The van der Waals surface area contributed by atoms with Crippen LogP contribution in [0.4, 0.5) is 30.7 Å². The summed E-state index contributed by atoms with van der Waals surface area (Å²) in [5.74, 6) is -8.02. The zero-order chi connectivity index (χ0) is 33.9. The number of hydrogen-bond acceptors (Lipinski definition) is 4. The number of esters is 1. The Balaban J connectivity index is 2.02. The van der Waals surface area contributed by atoms with Crippen molar-refractivity contribution in [2.45, 2.75) is 44.0 Å². The van der Waals surface area contributed by atoms with E-state index in [1.807, 2.05) is 0 Å². The molecule has 0 bridgehead atoms. The minimum absolute atomic E-state index is 0.0267. The maximum Gasteiger partial charge on any atom is 0.416 e. The average molecular weight is 648 g/mol. The summed E-state index contributed by atoms with van der Waals surface area (Å²) in [7, 11) is 1.09. The Kier molecular flexibility index (Phi) is 9.79.